The molecule has 0 radical (unpaired) electrons. The third-order valence-corrected chi connectivity index (χ3v) is 6.00. The molecule has 0 atom stereocenters. The molecule has 2 aromatic rings. The first kappa shape index (κ1) is 21.0. The average Bonchev–Trinajstić information content (AvgIpc) is 3.31. The van der Waals surface area contributed by atoms with Crippen LogP contribution in [-0.4, -0.2) is 75.4 Å². The Morgan fingerprint density at radius 2 is 1.60 bits per heavy atom. The average molecular weight is 414 g/mol. The third kappa shape index (κ3) is 4.72. The summed E-state index contributed by atoms with van der Waals surface area (Å²) in [6.07, 6.45) is 7.12. The van der Waals surface area contributed by atoms with Gasteiger partial charge < -0.3 is 24.2 Å². The van der Waals surface area contributed by atoms with Crippen molar-refractivity contribution in [2.45, 2.75) is 38.5 Å². The van der Waals surface area contributed by atoms with Crippen molar-refractivity contribution < 1.29 is 9.47 Å². The fourth-order valence-electron chi connectivity index (χ4n) is 4.35. The monoisotopic (exact) mass is 413 g/mol. The molecular weight excluding hydrogens is 378 g/mol. The van der Waals surface area contributed by atoms with Crippen molar-refractivity contribution in [1.29, 1.82) is 0 Å². The van der Waals surface area contributed by atoms with E-state index in [2.05, 4.69) is 34.9 Å². The van der Waals surface area contributed by atoms with E-state index in [1.54, 1.807) is 7.11 Å². The third-order valence-electron chi connectivity index (χ3n) is 6.00. The molecule has 7 heteroatoms. The van der Waals surface area contributed by atoms with Crippen LogP contribution in [0.4, 0.5) is 11.8 Å². The molecule has 2 aliphatic heterocycles. The van der Waals surface area contributed by atoms with Crippen molar-refractivity contribution >= 4 is 22.7 Å². The summed E-state index contributed by atoms with van der Waals surface area (Å²) < 4.78 is 11.8. The maximum Gasteiger partial charge on any atom is 0.227 e. The quantitative estimate of drug-likeness (QED) is 0.613. The van der Waals surface area contributed by atoms with E-state index in [4.69, 9.17) is 19.4 Å². The Hall–Kier alpha value is -2.28. The van der Waals surface area contributed by atoms with E-state index in [1.807, 2.05) is 6.07 Å². The summed E-state index contributed by atoms with van der Waals surface area (Å²) in [6.45, 7) is 5.83. The number of methoxy groups -OCH3 is 1. The number of piperidine rings is 1. The lowest BCUT2D eigenvalue weighted by molar-refractivity contribution is 0.268. The summed E-state index contributed by atoms with van der Waals surface area (Å²) in [5.74, 6) is 3.41. The molecule has 2 fully saturated rings. The molecule has 164 valence electrons. The number of aromatic nitrogens is 2. The SMILES string of the molecule is COc1cc2c(N3CCCCC3)nc(N3CCCC3)nc2cc1OCCCN(C)C. The molecule has 0 bridgehead atoms. The van der Waals surface area contributed by atoms with Gasteiger partial charge >= 0.3 is 0 Å². The maximum absolute atomic E-state index is 6.10. The Morgan fingerprint density at radius 3 is 2.30 bits per heavy atom. The van der Waals surface area contributed by atoms with Crippen molar-refractivity contribution in [3.63, 3.8) is 0 Å². The van der Waals surface area contributed by atoms with Gasteiger partial charge in [-0.1, -0.05) is 0 Å². The molecule has 2 aliphatic rings. The molecule has 3 heterocycles. The van der Waals surface area contributed by atoms with E-state index >= 15 is 0 Å². The second-order valence-corrected chi connectivity index (χ2v) is 8.61. The zero-order chi connectivity index (χ0) is 20.9. The van der Waals surface area contributed by atoms with E-state index in [0.717, 1.165) is 73.3 Å². The molecular formula is C23H35N5O2. The molecule has 0 spiro atoms. The summed E-state index contributed by atoms with van der Waals surface area (Å²) in [5.41, 5.74) is 0.941. The van der Waals surface area contributed by atoms with E-state index in [9.17, 15) is 0 Å². The predicted molar refractivity (Wildman–Crippen MR) is 122 cm³/mol. The maximum atomic E-state index is 6.10. The molecule has 0 saturated carbocycles. The second-order valence-electron chi connectivity index (χ2n) is 8.61. The fourth-order valence-corrected chi connectivity index (χ4v) is 4.35. The van der Waals surface area contributed by atoms with Crippen LogP contribution in [0.15, 0.2) is 12.1 Å². The number of nitrogens with zero attached hydrogens (tertiary/aromatic N) is 5. The van der Waals surface area contributed by atoms with Gasteiger partial charge in [-0.25, -0.2) is 4.98 Å². The van der Waals surface area contributed by atoms with Crippen molar-refractivity contribution in [3.8, 4) is 11.5 Å². The Bertz CT molecular complexity index is 845. The molecule has 0 N–H and O–H groups in total. The van der Waals surface area contributed by atoms with Crippen molar-refractivity contribution in [2.24, 2.45) is 0 Å². The van der Waals surface area contributed by atoms with Crippen molar-refractivity contribution in [3.05, 3.63) is 12.1 Å². The van der Waals surface area contributed by atoms with Crippen LogP contribution in [0, 0.1) is 0 Å². The number of hydrogen-bond donors (Lipinski definition) is 0. The van der Waals surface area contributed by atoms with Crippen LogP contribution in [0.25, 0.3) is 10.9 Å². The second kappa shape index (κ2) is 9.69. The van der Waals surface area contributed by atoms with Gasteiger partial charge in [-0.15, -0.1) is 0 Å². The first-order chi connectivity index (χ1) is 14.7. The van der Waals surface area contributed by atoms with E-state index in [1.165, 1.54) is 32.1 Å². The normalized spacial score (nSPS) is 17.2. The molecule has 30 heavy (non-hydrogen) atoms. The number of hydrogen-bond acceptors (Lipinski definition) is 7. The smallest absolute Gasteiger partial charge is 0.227 e. The number of rotatable bonds is 8. The standard InChI is InChI=1S/C23H35N5O2/c1-26(2)10-9-15-30-21-17-19-18(16-20(21)29-3)22(27-11-5-4-6-12-27)25-23(24-19)28-13-7-8-14-28/h16-17H,4-15H2,1-3H3. The Balaban J connectivity index is 1.70. The van der Waals surface area contributed by atoms with Crippen LogP contribution in [0.5, 0.6) is 11.5 Å². The van der Waals surface area contributed by atoms with Crippen LogP contribution in [-0.2, 0) is 0 Å². The largest absolute Gasteiger partial charge is 0.493 e. The highest BCUT2D eigenvalue weighted by molar-refractivity contribution is 5.93. The predicted octanol–water partition coefficient (Wildman–Crippen LogP) is 3.56. The van der Waals surface area contributed by atoms with Gasteiger partial charge in [-0.05, 0) is 58.7 Å². The fraction of sp³-hybridized carbons (Fsp3) is 0.652. The summed E-state index contributed by atoms with van der Waals surface area (Å²) in [5, 5.41) is 1.05. The van der Waals surface area contributed by atoms with E-state index < -0.39 is 0 Å². The van der Waals surface area contributed by atoms with Gasteiger partial charge in [0, 0.05) is 44.2 Å². The summed E-state index contributed by atoms with van der Waals surface area (Å²) in [6, 6.07) is 4.10. The molecule has 1 aromatic carbocycles. The van der Waals surface area contributed by atoms with Crippen molar-refractivity contribution in [1.82, 2.24) is 14.9 Å². The molecule has 2 saturated heterocycles. The Kier molecular flexibility index (Phi) is 6.77. The minimum Gasteiger partial charge on any atom is -0.493 e. The number of ether oxygens (including phenoxy) is 2. The zero-order valence-electron chi connectivity index (χ0n) is 18.7. The molecule has 1 aromatic heterocycles. The van der Waals surface area contributed by atoms with Crippen LogP contribution in [0.2, 0.25) is 0 Å². The lowest BCUT2D eigenvalue weighted by Crippen LogP contribution is -2.31. The zero-order valence-corrected chi connectivity index (χ0v) is 18.7. The van der Waals surface area contributed by atoms with Gasteiger partial charge in [0.2, 0.25) is 5.95 Å². The first-order valence-electron chi connectivity index (χ1n) is 11.3. The molecule has 4 rings (SSSR count). The first-order valence-corrected chi connectivity index (χ1v) is 11.3. The lowest BCUT2D eigenvalue weighted by atomic mass is 10.1. The van der Waals surface area contributed by atoms with Gasteiger partial charge in [0.25, 0.3) is 0 Å². The Morgan fingerprint density at radius 1 is 0.900 bits per heavy atom. The summed E-state index contributed by atoms with van der Waals surface area (Å²) in [4.78, 5) is 16.9. The molecule has 0 unspecified atom stereocenters. The van der Waals surface area contributed by atoms with Crippen LogP contribution < -0.4 is 19.3 Å². The summed E-state index contributed by atoms with van der Waals surface area (Å²) in [7, 11) is 5.86. The van der Waals surface area contributed by atoms with Gasteiger partial charge in [-0.3, -0.25) is 0 Å². The van der Waals surface area contributed by atoms with Gasteiger partial charge in [0.15, 0.2) is 11.5 Å². The molecule has 0 aliphatic carbocycles. The molecule has 0 amide bonds. The highest BCUT2D eigenvalue weighted by Gasteiger charge is 2.22. The van der Waals surface area contributed by atoms with Gasteiger partial charge in [-0.2, -0.15) is 4.98 Å². The number of benzene rings is 1. The van der Waals surface area contributed by atoms with E-state index in [0.29, 0.717) is 6.61 Å². The Labute approximate surface area is 180 Å². The topological polar surface area (TPSA) is 54.0 Å². The minimum atomic E-state index is 0.656. The highest BCUT2D eigenvalue weighted by Crippen LogP contribution is 2.37. The van der Waals surface area contributed by atoms with Gasteiger partial charge in [0.1, 0.15) is 5.82 Å². The highest BCUT2D eigenvalue weighted by atomic mass is 16.5. The number of fused-ring (bicyclic) bond motifs is 1. The van der Waals surface area contributed by atoms with Crippen molar-refractivity contribution in [2.75, 3.05) is 70.3 Å². The lowest BCUT2D eigenvalue weighted by Gasteiger charge is -2.30. The van der Waals surface area contributed by atoms with Crippen LogP contribution >= 0.6 is 0 Å². The summed E-state index contributed by atoms with van der Waals surface area (Å²) >= 11 is 0. The van der Waals surface area contributed by atoms with E-state index in [-0.39, 0.29) is 0 Å². The number of anilines is 2. The molecule has 7 nitrogen and oxygen atoms in total. The van der Waals surface area contributed by atoms with Crippen LogP contribution in [0.1, 0.15) is 38.5 Å². The van der Waals surface area contributed by atoms with Gasteiger partial charge in [0.05, 0.1) is 19.2 Å². The minimum absolute atomic E-state index is 0.656. The van der Waals surface area contributed by atoms with Crippen LogP contribution in [0.3, 0.4) is 0 Å².